The second kappa shape index (κ2) is 4.63. The van der Waals surface area contributed by atoms with Crippen molar-refractivity contribution in [3.63, 3.8) is 0 Å². The van der Waals surface area contributed by atoms with E-state index in [9.17, 15) is 8.42 Å². The van der Waals surface area contributed by atoms with Gasteiger partial charge in [0, 0.05) is 31.4 Å². The minimum Gasteiger partial charge on any atom is -0.327 e. The van der Waals surface area contributed by atoms with Crippen molar-refractivity contribution in [1.82, 2.24) is 4.90 Å². The molecule has 2 aliphatic rings. The van der Waals surface area contributed by atoms with Crippen LogP contribution in [0.25, 0.3) is 0 Å². The third-order valence-electron chi connectivity index (χ3n) is 4.15. The number of sulfone groups is 1. The number of nitrogens with zero attached hydrogens (tertiary/aromatic N) is 1. The van der Waals surface area contributed by atoms with Crippen molar-refractivity contribution < 1.29 is 8.42 Å². The normalized spacial score (nSPS) is 35.5. The van der Waals surface area contributed by atoms with Gasteiger partial charge in [-0.05, 0) is 24.7 Å². The molecule has 2 N–H and O–H groups in total. The standard InChI is InChI=1S/C11H22N2O2S/c1-2-16(14,15)6-5-13-7-9-3-4-11(12)10(9)8-13/h9-11H,2-8,12H2,1H3. The Labute approximate surface area is 98.1 Å². The highest BCUT2D eigenvalue weighted by Gasteiger charge is 2.40. The summed E-state index contributed by atoms with van der Waals surface area (Å²) in [7, 11) is -2.82. The lowest BCUT2D eigenvalue weighted by Crippen LogP contribution is -2.32. The van der Waals surface area contributed by atoms with E-state index in [4.69, 9.17) is 5.73 Å². The van der Waals surface area contributed by atoms with E-state index >= 15 is 0 Å². The van der Waals surface area contributed by atoms with E-state index in [-0.39, 0.29) is 5.75 Å². The van der Waals surface area contributed by atoms with Crippen LogP contribution in [-0.2, 0) is 9.84 Å². The third kappa shape index (κ3) is 2.57. The van der Waals surface area contributed by atoms with E-state index in [2.05, 4.69) is 4.90 Å². The first-order valence-electron chi connectivity index (χ1n) is 6.20. The number of rotatable bonds is 4. The number of fused-ring (bicyclic) bond motifs is 1. The molecule has 2 rings (SSSR count). The summed E-state index contributed by atoms with van der Waals surface area (Å²) in [5.74, 6) is 1.90. The van der Waals surface area contributed by atoms with Crippen LogP contribution in [0.15, 0.2) is 0 Å². The van der Waals surface area contributed by atoms with Gasteiger partial charge in [-0.1, -0.05) is 6.92 Å². The zero-order valence-electron chi connectivity index (χ0n) is 9.93. The van der Waals surface area contributed by atoms with Crippen LogP contribution in [0, 0.1) is 11.8 Å². The molecule has 0 bridgehead atoms. The average Bonchev–Trinajstić information content (AvgIpc) is 2.79. The second-order valence-corrected chi connectivity index (χ2v) is 7.63. The van der Waals surface area contributed by atoms with Crippen molar-refractivity contribution in [2.45, 2.75) is 25.8 Å². The van der Waals surface area contributed by atoms with Crippen molar-refractivity contribution >= 4 is 9.84 Å². The van der Waals surface area contributed by atoms with Crippen LogP contribution in [0.5, 0.6) is 0 Å². The van der Waals surface area contributed by atoms with Crippen LogP contribution >= 0.6 is 0 Å². The highest BCUT2D eigenvalue weighted by Crippen LogP contribution is 2.36. The van der Waals surface area contributed by atoms with Crippen molar-refractivity contribution in [2.24, 2.45) is 17.6 Å². The Balaban J connectivity index is 1.82. The molecule has 0 amide bonds. The highest BCUT2D eigenvalue weighted by atomic mass is 32.2. The Morgan fingerprint density at radius 2 is 2.06 bits per heavy atom. The molecule has 5 heteroatoms. The van der Waals surface area contributed by atoms with Crippen LogP contribution in [0.2, 0.25) is 0 Å². The molecule has 0 aromatic carbocycles. The summed E-state index contributed by atoms with van der Waals surface area (Å²) < 4.78 is 22.8. The van der Waals surface area contributed by atoms with Gasteiger partial charge in [-0.2, -0.15) is 0 Å². The van der Waals surface area contributed by atoms with E-state index in [0.717, 1.165) is 25.4 Å². The molecule has 3 unspecified atom stereocenters. The van der Waals surface area contributed by atoms with Crippen LogP contribution in [0.3, 0.4) is 0 Å². The van der Waals surface area contributed by atoms with E-state index in [0.29, 0.717) is 24.3 Å². The van der Waals surface area contributed by atoms with Crippen LogP contribution in [0.1, 0.15) is 19.8 Å². The summed E-state index contributed by atoms with van der Waals surface area (Å²) in [6, 6.07) is 0.345. The molecular weight excluding hydrogens is 224 g/mol. The second-order valence-electron chi connectivity index (χ2n) is 5.16. The van der Waals surface area contributed by atoms with Gasteiger partial charge in [-0.25, -0.2) is 8.42 Å². The van der Waals surface area contributed by atoms with Crippen LogP contribution in [-0.4, -0.2) is 50.5 Å². The Kier molecular flexibility index (Phi) is 3.56. The number of hydrogen-bond acceptors (Lipinski definition) is 4. The lowest BCUT2D eigenvalue weighted by Gasteiger charge is -2.17. The minimum absolute atomic E-state index is 0.257. The fraction of sp³-hybridized carbons (Fsp3) is 1.00. The largest absolute Gasteiger partial charge is 0.327 e. The van der Waals surface area contributed by atoms with Crippen molar-refractivity contribution in [1.29, 1.82) is 0 Å². The van der Waals surface area contributed by atoms with E-state index in [1.54, 1.807) is 6.92 Å². The molecule has 2 fully saturated rings. The summed E-state index contributed by atoms with van der Waals surface area (Å²) >= 11 is 0. The van der Waals surface area contributed by atoms with Gasteiger partial charge >= 0.3 is 0 Å². The predicted octanol–water partition coefficient (Wildman–Crippen LogP) is 0.0902. The fourth-order valence-corrected chi connectivity index (χ4v) is 3.82. The molecule has 1 saturated heterocycles. The summed E-state index contributed by atoms with van der Waals surface area (Å²) in [5, 5.41) is 0. The third-order valence-corrected chi connectivity index (χ3v) is 5.83. The summed E-state index contributed by atoms with van der Waals surface area (Å²) in [6.45, 7) is 4.46. The van der Waals surface area contributed by atoms with Gasteiger partial charge in [0.25, 0.3) is 0 Å². The van der Waals surface area contributed by atoms with Gasteiger partial charge in [0.15, 0.2) is 9.84 Å². The van der Waals surface area contributed by atoms with E-state index < -0.39 is 9.84 Å². The minimum atomic E-state index is -2.82. The zero-order chi connectivity index (χ0) is 11.8. The first-order valence-corrected chi connectivity index (χ1v) is 8.02. The number of hydrogen-bond donors (Lipinski definition) is 1. The molecule has 3 atom stereocenters. The van der Waals surface area contributed by atoms with Gasteiger partial charge in [-0.15, -0.1) is 0 Å². The molecule has 0 aromatic heterocycles. The average molecular weight is 246 g/mol. The molecule has 1 heterocycles. The molecule has 4 nitrogen and oxygen atoms in total. The molecule has 1 aliphatic heterocycles. The lowest BCUT2D eigenvalue weighted by atomic mass is 9.98. The maximum atomic E-state index is 11.4. The Bertz CT molecular complexity index is 342. The molecule has 0 aromatic rings. The van der Waals surface area contributed by atoms with Gasteiger partial charge in [0.1, 0.15) is 0 Å². The molecule has 1 saturated carbocycles. The molecule has 1 aliphatic carbocycles. The quantitative estimate of drug-likeness (QED) is 0.763. The van der Waals surface area contributed by atoms with Crippen molar-refractivity contribution in [3.8, 4) is 0 Å². The summed E-state index contributed by atoms with van der Waals surface area (Å²) in [4.78, 5) is 2.28. The molecule has 16 heavy (non-hydrogen) atoms. The van der Waals surface area contributed by atoms with Gasteiger partial charge in [0.2, 0.25) is 0 Å². The fourth-order valence-electron chi connectivity index (χ4n) is 2.99. The SMILES string of the molecule is CCS(=O)(=O)CCN1CC2CCC(N)C2C1. The van der Waals surface area contributed by atoms with Crippen molar-refractivity contribution in [3.05, 3.63) is 0 Å². The van der Waals surface area contributed by atoms with E-state index in [1.165, 1.54) is 6.42 Å². The Morgan fingerprint density at radius 1 is 1.31 bits per heavy atom. The zero-order valence-corrected chi connectivity index (χ0v) is 10.7. The molecular formula is C11H22N2O2S. The van der Waals surface area contributed by atoms with Gasteiger partial charge in [-0.3, -0.25) is 0 Å². The molecule has 0 radical (unpaired) electrons. The van der Waals surface area contributed by atoms with Crippen molar-refractivity contribution in [2.75, 3.05) is 31.1 Å². The maximum Gasteiger partial charge on any atom is 0.151 e. The van der Waals surface area contributed by atoms with Gasteiger partial charge < -0.3 is 10.6 Å². The Hall–Kier alpha value is -0.130. The summed E-state index contributed by atoms with van der Waals surface area (Å²) in [6.07, 6.45) is 2.37. The van der Waals surface area contributed by atoms with Crippen LogP contribution < -0.4 is 5.73 Å². The highest BCUT2D eigenvalue weighted by molar-refractivity contribution is 7.91. The number of nitrogens with two attached hydrogens (primary N) is 1. The summed E-state index contributed by atoms with van der Waals surface area (Å²) in [5.41, 5.74) is 6.05. The molecule has 0 spiro atoms. The van der Waals surface area contributed by atoms with Crippen LogP contribution in [0.4, 0.5) is 0 Å². The van der Waals surface area contributed by atoms with Gasteiger partial charge in [0.05, 0.1) is 5.75 Å². The molecule has 94 valence electrons. The first-order chi connectivity index (χ1) is 7.52. The maximum absolute atomic E-state index is 11.4. The number of likely N-dealkylation sites (tertiary alicyclic amines) is 1. The Morgan fingerprint density at radius 3 is 2.69 bits per heavy atom. The smallest absolute Gasteiger partial charge is 0.151 e. The first kappa shape index (κ1) is 12.3. The monoisotopic (exact) mass is 246 g/mol. The lowest BCUT2D eigenvalue weighted by molar-refractivity contribution is 0.322. The van der Waals surface area contributed by atoms with E-state index in [1.807, 2.05) is 0 Å². The predicted molar refractivity (Wildman–Crippen MR) is 65.0 cm³/mol. The topological polar surface area (TPSA) is 63.4 Å².